The van der Waals surface area contributed by atoms with Crippen LogP contribution in [-0.4, -0.2) is 88.1 Å². The number of aliphatic carboxylic acids is 1. The first-order valence-electron chi connectivity index (χ1n) is 8.19. The molecule has 0 aliphatic carbocycles. The van der Waals surface area contributed by atoms with Gasteiger partial charge in [0.05, 0.1) is 12.9 Å². The number of hydrogen-bond donors (Lipinski definition) is 7. The van der Waals surface area contributed by atoms with E-state index in [2.05, 4.69) is 24.8 Å². The van der Waals surface area contributed by atoms with Gasteiger partial charge in [0, 0.05) is 6.54 Å². The van der Waals surface area contributed by atoms with Crippen LogP contribution in [0.2, 0.25) is 0 Å². The van der Waals surface area contributed by atoms with E-state index in [4.69, 9.17) is 25.4 Å². The largest absolute Gasteiger partial charge is 0.480 e. The number of phosphoric acid groups is 1. The Hall–Kier alpha value is -2.23. The van der Waals surface area contributed by atoms with Crippen molar-refractivity contribution >= 4 is 30.8 Å². The van der Waals surface area contributed by atoms with E-state index in [1.807, 2.05) is 0 Å². The van der Waals surface area contributed by atoms with Gasteiger partial charge in [0.25, 0.3) is 0 Å². The second-order valence-electron chi connectivity index (χ2n) is 6.21. The number of nitrogen functional groups attached to an aromatic ring is 1. The highest BCUT2D eigenvalue weighted by Gasteiger charge is 2.44. The van der Waals surface area contributed by atoms with Crippen molar-refractivity contribution in [2.24, 2.45) is 0 Å². The highest BCUT2D eigenvalue weighted by atomic mass is 31.2. The number of aliphatic hydroxyl groups is 2. The maximum atomic E-state index is 11.2. The number of aromatic nitrogens is 4. The lowest BCUT2D eigenvalue weighted by atomic mass is 10.1. The molecule has 1 aliphatic heterocycles. The number of carboxylic acid groups (broad SMARTS) is 1. The molecule has 1 fully saturated rings. The van der Waals surface area contributed by atoms with Gasteiger partial charge < -0.3 is 35.6 Å². The molecule has 16 heteroatoms. The Morgan fingerprint density at radius 3 is 2.72 bits per heavy atom. The van der Waals surface area contributed by atoms with Gasteiger partial charge in [0.2, 0.25) is 0 Å². The molecule has 0 bridgehead atoms. The second kappa shape index (κ2) is 8.25. The minimum atomic E-state index is -4.86. The highest BCUT2D eigenvalue weighted by molar-refractivity contribution is 7.46. The van der Waals surface area contributed by atoms with E-state index in [9.17, 15) is 19.6 Å². The number of nitrogens with two attached hydrogens (primary N) is 1. The summed E-state index contributed by atoms with van der Waals surface area (Å²) in [5, 5.41) is 32.2. The Labute approximate surface area is 162 Å². The van der Waals surface area contributed by atoms with Crippen molar-refractivity contribution in [1.82, 2.24) is 24.8 Å². The monoisotopic (exact) mass is 434 g/mol. The van der Waals surface area contributed by atoms with Crippen molar-refractivity contribution in [1.29, 1.82) is 0 Å². The first-order valence-corrected chi connectivity index (χ1v) is 9.72. The fourth-order valence-electron chi connectivity index (χ4n) is 2.83. The summed E-state index contributed by atoms with van der Waals surface area (Å²) >= 11 is 0. The zero-order valence-electron chi connectivity index (χ0n) is 14.6. The van der Waals surface area contributed by atoms with Crippen LogP contribution in [0.1, 0.15) is 6.23 Å². The zero-order chi connectivity index (χ0) is 21.3. The van der Waals surface area contributed by atoms with Crippen molar-refractivity contribution < 1.29 is 43.7 Å². The summed E-state index contributed by atoms with van der Waals surface area (Å²) < 4.78 is 21.9. The molecule has 0 amide bonds. The average molecular weight is 434 g/mol. The summed E-state index contributed by atoms with van der Waals surface area (Å²) in [6.45, 7) is -1.09. The van der Waals surface area contributed by atoms with Gasteiger partial charge in [-0.2, -0.15) is 0 Å². The summed E-state index contributed by atoms with van der Waals surface area (Å²) in [4.78, 5) is 40.5. The van der Waals surface area contributed by atoms with Gasteiger partial charge in [-0.25, -0.2) is 19.5 Å². The lowest BCUT2D eigenvalue weighted by Gasteiger charge is -2.19. The van der Waals surface area contributed by atoms with Crippen LogP contribution < -0.4 is 11.1 Å². The summed E-state index contributed by atoms with van der Waals surface area (Å²) in [6.07, 6.45) is -2.44. The number of carbonyl (C=O) groups is 1. The number of ether oxygens (including phenoxy) is 1. The molecule has 0 saturated carbocycles. The van der Waals surface area contributed by atoms with Crippen molar-refractivity contribution in [2.45, 2.75) is 30.6 Å². The van der Waals surface area contributed by atoms with Crippen LogP contribution in [0, 0.1) is 0 Å². The summed E-state index contributed by atoms with van der Waals surface area (Å²) in [7, 11) is -4.86. The molecule has 160 valence electrons. The topological polar surface area (TPSA) is 235 Å². The Balaban J connectivity index is 1.69. The normalized spacial score (nSPS) is 26.1. The number of nitrogens with one attached hydrogen (secondary N) is 1. The third-order valence-corrected chi connectivity index (χ3v) is 4.76. The van der Waals surface area contributed by atoms with Crippen molar-refractivity contribution in [3.63, 3.8) is 0 Å². The van der Waals surface area contributed by atoms with Crippen LogP contribution in [0.25, 0.3) is 11.2 Å². The molecule has 15 nitrogen and oxygen atoms in total. The van der Waals surface area contributed by atoms with Crippen molar-refractivity contribution in [2.75, 3.05) is 18.9 Å². The molecule has 1 aliphatic rings. The van der Waals surface area contributed by atoms with Gasteiger partial charge in [-0.15, -0.1) is 0 Å². The maximum absolute atomic E-state index is 11.2. The molecular weight excluding hydrogens is 415 g/mol. The number of imidazole rings is 1. The maximum Gasteiger partial charge on any atom is 0.469 e. The summed E-state index contributed by atoms with van der Waals surface area (Å²) in [5.41, 5.74) is 6.26. The molecule has 0 spiro atoms. The quantitative estimate of drug-likeness (QED) is 0.208. The van der Waals surface area contributed by atoms with E-state index in [1.54, 1.807) is 0 Å². The number of fused-ring (bicyclic) bond motifs is 1. The lowest BCUT2D eigenvalue weighted by Crippen LogP contribution is -2.46. The molecule has 1 unspecified atom stereocenters. The van der Waals surface area contributed by atoms with E-state index >= 15 is 0 Å². The van der Waals surface area contributed by atoms with Crippen LogP contribution >= 0.6 is 7.82 Å². The Morgan fingerprint density at radius 1 is 1.34 bits per heavy atom. The molecular formula is C13H19N6O9P. The van der Waals surface area contributed by atoms with E-state index in [-0.39, 0.29) is 23.5 Å². The number of rotatable bonds is 8. The summed E-state index contributed by atoms with van der Waals surface area (Å²) in [5.74, 6) is -1.31. The first kappa shape index (κ1) is 21.5. The zero-order valence-corrected chi connectivity index (χ0v) is 15.5. The van der Waals surface area contributed by atoms with Crippen LogP contribution in [0.15, 0.2) is 12.7 Å². The first-order chi connectivity index (χ1) is 13.6. The molecule has 29 heavy (non-hydrogen) atoms. The molecule has 3 heterocycles. The Bertz CT molecular complexity index is 935. The average Bonchev–Trinajstić information content (AvgIpc) is 3.17. The SMILES string of the molecule is Nc1ncnc2c1ncn2[C@@H]1O[C@H](CNC(COP(=O)(O)O)C(=O)O)[C@@H](O)[C@H]1O. The van der Waals surface area contributed by atoms with Crippen molar-refractivity contribution in [3.8, 4) is 0 Å². The lowest BCUT2D eigenvalue weighted by molar-refractivity contribution is -0.140. The number of anilines is 1. The molecule has 2 aromatic rings. The van der Waals surface area contributed by atoms with Crippen LogP contribution in [0.5, 0.6) is 0 Å². The van der Waals surface area contributed by atoms with Gasteiger partial charge in [-0.1, -0.05) is 0 Å². The predicted octanol–water partition coefficient (Wildman–Crippen LogP) is -2.82. The van der Waals surface area contributed by atoms with Crippen LogP contribution in [-0.2, 0) is 18.6 Å². The molecule has 3 rings (SSSR count). The Morgan fingerprint density at radius 2 is 2.07 bits per heavy atom. The van der Waals surface area contributed by atoms with Gasteiger partial charge in [-0.05, 0) is 0 Å². The van der Waals surface area contributed by atoms with Crippen molar-refractivity contribution in [3.05, 3.63) is 12.7 Å². The fourth-order valence-corrected chi connectivity index (χ4v) is 3.17. The van der Waals surface area contributed by atoms with Gasteiger partial charge in [0.1, 0.15) is 36.2 Å². The third kappa shape index (κ3) is 4.68. The van der Waals surface area contributed by atoms with Gasteiger partial charge in [0.15, 0.2) is 17.7 Å². The van der Waals surface area contributed by atoms with E-state index in [0.29, 0.717) is 0 Å². The smallest absolute Gasteiger partial charge is 0.469 e. The van der Waals surface area contributed by atoms with Gasteiger partial charge in [-0.3, -0.25) is 19.2 Å². The number of phosphoric ester groups is 1. The molecule has 5 atom stereocenters. The second-order valence-corrected chi connectivity index (χ2v) is 7.45. The molecule has 2 aromatic heterocycles. The molecule has 8 N–H and O–H groups in total. The third-order valence-electron chi connectivity index (χ3n) is 4.27. The van der Waals surface area contributed by atoms with E-state index in [0.717, 1.165) is 0 Å². The fraction of sp³-hybridized carbons (Fsp3) is 0.538. The molecule has 0 radical (unpaired) electrons. The van der Waals surface area contributed by atoms with Crippen LogP contribution in [0.3, 0.4) is 0 Å². The summed E-state index contributed by atoms with van der Waals surface area (Å²) in [6, 6.07) is -1.49. The standard InChI is InChI=1S/C13H19N6O9P/c14-10-7-11(17-3-16-10)19(4-18-7)12-9(21)8(20)6(28-12)1-15-5(13(22)23)2-27-29(24,25)26/h3-6,8-9,12,15,20-21H,1-2H2,(H,22,23)(H2,14,16,17)(H2,24,25,26)/t5?,6-,8-,9-,12-/m1/s1. The van der Waals surface area contributed by atoms with Gasteiger partial charge >= 0.3 is 13.8 Å². The molecule has 1 saturated heterocycles. The number of nitrogens with zero attached hydrogens (tertiary/aromatic N) is 4. The van der Waals surface area contributed by atoms with Crippen LogP contribution in [0.4, 0.5) is 5.82 Å². The highest BCUT2D eigenvalue weighted by Crippen LogP contribution is 2.36. The number of carboxylic acids is 1. The number of aliphatic hydroxyl groups excluding tert-OH is 2. The Kier molecular flexibility index (Phi) is 6.11. The minimum absolute atomic E-state index is 0.120. The van der Waals surface area contributed by atoms with E-state index < -0.39 is 51.0 Å². The predicted molar refractivity (Wildman–Crippen MR) is 93.1 cm³/mol. The number of hydrogen-bond acceptors (Lipinski definition) is 11. The van der Waals surface area contributed by atoms with E-state index in [1.165, 1.54) is 17.2 Å². The minimum Gasteiger partial charge on any atom is -0.480 e. The molecule has 0 aromatic carbocycles.